The number of sulfonamides is 1. The Hall–Kier alpha value is -2.60. The van der Waals surface area contributed by atoms with Crippen molar-refractivity contribution in [3.63, 3.8) is 0 Å². The van der Waals surface area contributed by atoms with E-state index < -0.39 is 10.0 Å². The lowest BCUT2D eigenvalue weighted by Crippen LogP contribution is -2.00. The minimum absolute atomic E-state index is 0.0979. The molecule has 2 aromatic heterocycles. The Kier molecular flexibility index (Phi) is 3.45. The van der Waals surface area contributed by atoms with Gasteiger partial charge in [0.25, 0.3) is 10.0 Å². The molecule has 6 heteroatoms. The molecule has 3 rings (SSSR count). The number of pyridine rings is 2. The standard InChI is InChI=1S/C15H11N3O2S/c19-21(20,18-11-12-4-2-8-16-10-12)14-7-1-5-13-6-3-9-17-15(13)14/h1-11H/b18-11+. The molecule has 0 atom stereocenters. The molecule has 0 fully saturated rings. The molecule has 0 N–H and O–H groups in total. The van der Waals surface area contributed by atoms with E-state index in [1.807, 2.05) is 12.1 Å². The number of fused-ring (bicyclic) bond motifs is 1. The fourth-order valence-corrected chi connectivity index (χ4v) is 2.96. The summed E-state index contributed by atoms with van der Waals surface area (Å²) in [6.07, 6.45) is 6.00. The summed E-state index contributed by atoms with van der Waals surface area (Å²) < 4.78 is 28.4. The van der Waals surface area contributed by atoms with E-state index in [1.165, 1.54) is 12.3 Å². The zero-order chi connectivity index (χ0) is 14.7. The maximum absolute atomic E-state index is 12.4. The molecule has 0 saturated heterocycles. The summed E-state index contributed by atoms with van der Waals surface area (Å²) in [4.78, 5) is 8.14. The molecule has 3 aromatic rings. The van der Waals surface area contributed by atoms with Gasteiger partial charge < -0.3 is 0 Å². The van der Waals surface area contributed by atoms with Gasteiger partial charge >= 0.3 is 0 Å². The number of para-hydroxylation sites is 1. The predicted molar refractivity (Wildman–Crippen MR) is 80.8 cm³/mol. The molecule has 0 saturated carbocycles. The first kappa shape index (κ1) is 13.4. The van der Waals surface area contributed by atoms with E-state index in [1.54, 1.807) is 42.9 Å². The summed E-state index contributed by atoms with van der Waals surface area (Å²) in [5, 5.41) is 0.759. The van der Waals surface area contributed by atoms with Crippen molar-refractivity contribution in [2.75, 3.05) is 0 Å². The van der Waals surface area contributed by atoms with Gasteiger partial charge in [0, 0.05) is 35.8 Å². The average Bonchev–Trinajstić information content (AvgIpc) is 2.53. The topological polar surface area (TPSA) is 72.3 Å². The summed E-state index contributed by atoms with van der Waals surface area (Å²) in [5.41, 5.74) is 1.04. The summed E-state index contributed by atoms with van der Waals surface area (Å²) in [5.74, 6) is 0. The normalized spacial score (nSPS) is 12.0. The van der Waals surface area contributed by atoms with E-state index in [2.05, 4.69) is 14.4 Å². The Labute approximate surface area is 122 Å². The first-order valence-corrected chi connectivity index (χ1v) is 7.65. The lowest BCUT2D eigenvalue weighted by molar-refractivity contribution is 0.599. The third kappa shape index (κ3) is 2.80. The van der Waals surface area contributed by atoms with Crippen molar-refractivity contribution in [3.8, 4) is 0 Å². The fourth-order valence-electron chi connectivity index (χ4n) is 1.92. The molecule has 5 nitrogen and oxygen atoms in total. The molecule has 0 aliphatic heterocycles. The Bertz CT molecular complexity index is 901. The van der Waals surface area contributed by atoms with Gasteiger partial charge in [0.1, 0.15) is 4.90 Å². The van der Waals surface area contributed by atoms with Crippen LogP contribution in [0.15, 0.2) is 70.3 Å². The van der Waals surface area contributed by atoms with E-state index in [9.17, 15) is 8.42 Å². The van der Waals surface area contributed by atoms with Gasteiger partial charge in [0.05, 0.1) is 5.52 Å². The summed E-state index contributed by atoms with van der Waals surface area (Å²) in [6.45, 7) is 0. The third-order valence-electron chi connectivity index (χ3n) is 2.90. The second kappa shape index (κ2) is 5.41. The highest BCUT2D eigenvalue weighted by atomic mass is 32.2. The van der Waals surface area contributed by atoms with E-state index >= 15 is 0 Å². The molecule has 0 unspecified atom stereocenters. The molecule has 0 bridgehead atoms. The lowest BCUT2D eigenvalue weighted by atomic mass is 10.2. The minimum atomic E-state index is -3.81. The number of hydrogen-bond donors (Lipinski definition) is 0. The SMILES string of the molecule is O=S(=O)(/N=C/c1cccnc1)c1cccc2cccnc12. The van der Waals surface area contributed by atoms with Crippen LogP contribution in [0.25, 0.3) is 10.9 Å². The van der Waals surface area contributed by atoms with Crippen molar-refractivity contribution in [3.05, 3.63) is 66.6 Å². The van der Waals surface area contributed by atoms with Crippen molar-refractivity contribution in [1.82, 2.24) is 9.97 Å². The summed E-state index contributed by atoms with van der Waals surface area (Å²) >= 11 is 0. The summed E-state index contributed by atoms with van der Waals surface area (Å²) in [6, 6.07) is 12.0. The van der Waals surface area contributed by atoms with Crippen LogP contribution in [0, 0.1) is 0 Å². The molecule has 0 aliphatic carbocycles. The molecule has 104 valence electrons. The number of benzene rings is 1. The van der Waals surface area contributed by atoms with Crippen LogP contribution in [0.2, 0.25) is 0 Å². The smallest absolute Gasteiger partial charge is 0.264 e. The van der Waals surface area contributed by atoms with E-state index in [0.717, 1.165) is 5.39 Å². The van der Waals surface area contributed by atoms with Crippen LogP contribution in [0.3, 0.4) is 0 Å². The van der Waals surface area contributed by atoms with Crippen molar-refractivity contribution in [2.45, 2.75) is 4.90 Å². The first-order valence-electron chi connectivity index (χ1n) is 6.21. The molecule has 0 radical (unpaired) electrons. The van der Waals surface area contributed by atoms with Crippen molar-refractivity contribution < 1.29 is 8.42 Å². The molecule has 2 heterocycles. The second-order valence-corrected chi connectivity index (χ2v) is 5.93. The highest BCUT2D eigenvalue weighted by molar-refractivity contribution is 7.90. The predicted octanol–water partition coefficient (Wildman–Crippen LogP) is 2.44. The highest BCUT2D eigenvalue weighted by Crippen LogP contribution is 2.22. The monoisotopic (exact) mass is 297 g/mol. The number of rotatable bonds is 3. The van der Waals surface area contributed by atoms with Crippen LogP contribution in [-0.2, 0) is 10.0 Å². The second-order valence-electron chi connectivity index (χ2n) is 4.33. The van der Waals surface area contributed by atoms with Crippen LogP contribution < -0.4 is 0 Å². The molecule has 0 amide bonds. The molecular formula is C15H11N3O2S. The van der Waals surface area contributed by atoms with Crippen molar-refractivity contribution in [1.29, 1.82) is 0 Å². The van der Waals surface area contributed by atoms with Gasteiger partial charge in [-0.3, -0.25) is 9.97 Å². The van der Waals surface area contributed by atoms with Crippen LogP contribution in [-0.4, -0.2) is 24.6 Å². The fraction of sp³-hybridized carbons (Fsp3) is 0. The Morgan fingerprint density at radius 3 is 2.62 bits per heavy atom. The Morgan fingerprint density at radius 1 is 1.00 bits per heavy atom. The van der Waals surface area contributed by atoms with Gasteiger partial charge in [-0.1, -0.05) is 24.3 Å². The molecule has 1 aromatic carbocycles. The van der Waals surface area contributed by atoms with Crippen LogP contribution in [0.4, 0.5) is 0 Å². The zero-order valence-corrected chi connectivity index (χ0v) is 11.7. The maximum Gasteiger partial charge on any atom is 0.284 e. The van der Waals surface area contributed by atoms with Crippen LogP contribution in [0.5, 0.6) is 0 Å². The molecule has 21 heavy (non-hydrogen) atoms. The van der Waals surface area contributed by atoms with Crippen LogP contribution in [0.1, 0.15) is 5.56 Å². The van der Waals surface area contributed by atoms with Gasteiger partial charge in [-0.2, -0.15) is 12.8 Å². The quantitative estimate of drug-likeness (QED) is 0.696. The number of hydrogen-bond acceptors (Lipinski definition) is 4. The van der Waals surface area contributed by atoms with E-state index in [-0.39, 0.29) is 4.90 Å². The zero-order valence-electron chi connectivity index (χ0n) is 10.9. The van der Waals surface area contributed by atoms with Crippen molar-refractivity contribution in [2.24, 2.45) is 4.40 Å². The molecule has 0 spiro atoms. The van der Waals surface area contributed by atoms with Gasteiger partial charge in [-0.15, -0.1) is 0 Å². The van der Waals surface area contributed by atoms with Gasteiger partial charge in [0.15, 0.2) is 0 Å². The first-order chi connectivity index (χ1) is 10.2. The highest BCUT2D eigenvalue weighted by Gasteiger charge is 2.16. The van der Waals surface area contributed by atoms with Gasteiger partial charge in [0.2, 0.25) is 0 Å². The molecule has 0 aliphatic rings. The summed E-state index contributed by atoms with van der Waals surface area (Å²) in [7, 11) is -3.81. The van der Waals surface area contributed by atoms with Crippen LogP contribution >= 0.6 is 0 Å². The van der Waals surface area contributed by atoms with Crippen molar-refractivity contribution >= 4 is 27.1 Å². The maximum atomic E-state index is 12.4. The van der Waals surface area contributed by atoms with Gasteiger partial charge in [-0.25, -0.2) is 0 Å². The largest absolute Gasteiger partial charge is 0.284 e. The number of nitrogens with zero attached hydrogens (tertiary/aromatic N) is 3. The van der Waals surface area contributed by atoms with E-state index in [4.69, 9.17) is 0 Å². The Balaban J connectivity index is 2.07. The molecular weight excluding hydrogens is 286 g/mol. The van der Waals surface area contributed by atoms with Gasteiger partial charge in [-0.05, 0) is 18.2 Å². The Morgan fingerprint density at radius 2 is 1.81 bits per heavy atom. The minimum Gasteiger partial charge on any atom is -0.264 e. The lowest BCUT2D eigenvalue weighted by Gasteiger charge is -2.03. The average molecular weight is 297 g/mol. The van der Waals surface area contributed by atoms with E-state index in [0.29, 0.717) is 11.1 Å². The number of aromatic nitrogens is 2. The third-order valence-corrected chi connectivity index (χ3v) is 4.17.